The third kappa shape index (κ3) is 3.45. The molecule has 8 N–H and O–H groups in total. The molecule has 3 amide bonds. The van der Waals surface area contributed by atoms with Crippen LogP contribution in [0.25, 0.3) is 0 Å². The Bertz CT molecular complexity index is 516. The lowest BCUT2D eigenvalue weighted by Gasteiger charge is -2.02. The maximum atomic E-state index is 11.5. The summed E-state index contributed by atoms with van der Waals surface area (Å²) in [5, 5.41) is -0.161. The number of nitrogens with two attached hydrogens (primary N) is 3. The summed E-state index contributed by atoms with van der Waals surface area (Å²) in [7, 11) is 0. The van der Waals surface area contributed by atoms with Crippen molar-refractivity contribution in [3.05, 3.63) is 10.8 Å². The molecule has 0 spiro atoms. The molecule has 0 aliphatic carbocycles. The molecule has 18 heavy (non-hydrogen) atoms. The number of hydrazine groups is 1. The van der Waals surface area contributed by atoms with E-state index in [1.807, 2.05) is 5.43 Å². The van der Waals surface area contributed by atoms with Crippen molar-refractivity contribution in [3.63, 3.8) is 0 Å². The molecule has 1 heterocycles. The molecule has 0 bridgehead atoms. The van der Waals surface area contributed by atoms with Crippen molar-refractivity contribution in [2.75, 3.05) is 11.5 Å². The maximum Gasteiger partial charge on any atom is 0.330 e. The van der Waals surface area contributed by atoms with Crippen LogP contribution in [-0.4, -0.2) is 28.2 Å². The van der Waals surface area contributed by atoms with Gasteiger partial charge in [0.2, 0.25) is 0 Å². The fraction of sp³-hybridized carbons (Fsp3) is 0. The van der Waals surface area contributed by atoms with Crippen molar-refractivity contribution in [3.8, 4) is 0 Å². The van der Waals surface area contributed by atoms with Crippen LogP contribution in [0, 0.1) is 0 Å². The molecular formula is C7H9ClN8O2. The van der Waals surface area contributed by atoms with E-state index >= 15 is 0 Å². The van der Waals surface area contributed by atoms with Gasteiger partial charge in [-0.25, -0.2) is 14.8 Å². The average molecular weight is 273 g/mol. The third-order valence-electron chi connectivity index (χ3n) is 1.55. The summed E-state index contributed by atoms with van der Waals surface area (Å²) < 4.78 is 0. The summed E-state index contributed by atoms with van der Waals surface area (Å²) in [6.45, 7) is 0. The van der Waals surface area contributed by atoms with Crippen molar-refractivity contribution < 1.29 is 9.59 Å². The number of halogens is 1. The molecular weight excluding hydrogens is 264 g/mol. The minimum Gasteiger partial charge on any atom is -0.382 e. The Labute approximate surface area is 106 Å². The van der Waals surface area contributed by atoms with Gasteiger partial charge < -0.3 is 17.2 Å². The number of urea groups is 1. The third-order valence-corrected chi connectivity index (χ3v) is 1.83. The second kappa shape index (κ2) is 5.63. The van der Waals surface area contributed by atoms with Crippen LogP contribution < -0.4 is 28.1 Å². The Morgan fingerprint density at radius 2 is 1.94 bits per heavy atom. The second-order valence-corrected chi connectivity index (χ2v) is 3.19. The molecule has 0 fully saturated rings. The topological polar surface area (TPSA) is 174 Å². The van der Waals surface area contributed by atoms with Crippen LogP contribution in [0.1, 0.15) is 10.5 Å². The van der Waals surface area contributed by atoms with Crippen molar-refractivity contribution in [2.24, 2.45) is 10.7 Å². The van der Waals surface area contributed by atoms with E-state index in [0.717, 1.165) is 6.34 Å². The number of nitrogens with one attached hydrogen (secondary N) is 2. The maximum absolute atomic E-state index is 11.5. The van der Waals surface area contributed by atoms with Gasteiger partial charge in [0.25, 0.3) is 0 Å². The van der Waals surface area contributed by atoms with Gasteiger partial charge in [-0.1, -0.05) is 11.6 Å². The van der Waals surface area contributed by atoms with Crippen molar-refractivity contribution in [1.82, 2.24) is 20.8 Å². The van der Waals surface area contributed by atoms with Gasteiger partial charge in [0.15, 0.2) is 22.5 Å². The van der Waals surface area contributed by atoms with Crippen LogP contribution in [-0.2, 0) is 0 Å². The molecule has 0 aromatic carbocycles. The highest BCUT2D eigenvalue weighted by molar-refractivity contribution is 6.31. The lowest BCUT2D eigenvalue weighted by atomic mass is 10.4. The Morgan fingerprint density at radius 3 is 2.56 bits per heavy atom. The van der Waals surface area contributed by atoms with Crippen LogP contribution >= 0.6 is 11.6 Å². The normalized spacial score (nSPS) is 10.3. The van der Waals surface area contributed by atoms with Gasteiger partial charge in [-0.15, -0.1) is 0 Å². The molecule has 0 saturated heterocycles. The van der Waals surface area contributed by atoms with E-state index in [1.54, 1.807) is 0 Å². The standard InChI is InChI=1S/C7H9ClN8O2/c8-3-5(10)15-4(9)2(14-3)6(17)12-1-13-16-7(11)18/h1H,(H4,9,10,15)(H3,11,16,18)(H,12,13,17). The van der Waals surface area contributed by atoms with Crippen molar-refractivity contribution in [1.29, 1.82) is 0 Å². The molecule has 1 aromatic rings. The lowest BCUT2D eigenvalue weighted by molar-refractivity contribution is 0.0999. The van der Waals surface area contributed by atoms with E-state index in [9.17, 15) is 9.59 Å². The molecule has 0 aliphatic heterocycles. The first-order valence-corrected chi connectivity index (χ1v) is 4.76. The van der Waals surface area contributed by atoms with Gasteiger partial charge in [-0.2, -0.15) is 4.99 Å². The van der Waals surface area contributed by atoms with Crippen LogP contribution in [0.2, 0.25) is 5.15 Å². The fourth-order valence-corrected chi connectivity index (χ4v) is 0.981. The number of nitrogen functional groups attached to an aromatic ring is 2. The van der Waals surface area contributed by atoms with Gasteiger partial charge in [0, 0.05) is 0 Å². The minimum atomic E-state index is -0.844. The number of aliphatic imine (C=N–C) groups is 1. The highest BCUT2D eigenvalue weighted by atomic mass is 35.5. The van der Waals surface area contributed by atoms with E-state index in [2.05, 4.69) is 20.4 Å². The van der Waals surface area contributed by atoms with Gasteiger partial charge in [-0.3, -0.25) is 15.6 Å². The van der Waals surface area contributed by atoms with Gasteiger partial charge in [-0.05, 0) is 0 Å². The number of nitrogens with zero attached hydrogens (tertiary/aromatic N) is 3. The van der Waals surface area contributed by atoms with E-state index < -0.39 is 11.9 Å². The largest absolute Gasteiger partial charge is 0.382 e. The zero-order chi connectivity index (χ0) is 13.7. The fourth-order valence-electron chi connectivity index (χ4n) is 0.854. The quantitative estimate of drug-likeness (QED) is 0.256. The highest BCUT2D eigenvalue weighted by Crippen LogP contribution is 2.17. The van der Waals surface area contributed by atoms with Gasteiger partial charge in [0.1, 0.15) is 6.34 Å². The van der Waals surface area contributed by atoms with Crippen LogP contribution in [0.15, 0.2) is 4.99 Å². The van der Waals surface area contributed by atoms with Crippen LogP contribution in [0.5, 0.6) is 0 Å². The number of carbonyl (C=O) groups is 2. The van der Waals surface area contributed by atoms with Crippen LogP contribution in [0.3, 0.4) is 0 Å². The summed E-state index contributed by atoms with van der Waals surface area (Å²) >= 11 is 5.59. The van der Waals surface area contributed by atoms with E-state index in [4.69, 9.17) is 28.8 Å². The van der Waals surface area contributed by atoms with E-state index in [0.29, 0.717) is 0 Å². The molecule has 11 heteroatoms. The Morgan fingerprint density at radius 1 is 1.28 bits per heavy atom. The molecule has 0 radical (unpaired) electrons. The Kier molecular flexibility index (Phi) is 4.21. The number of carbonyl (C=O) groups excluding carboxylic acids is 2. The number of rotatable bonds is 3. The molecule has 0 saturated carbocycles. The lowest BCUT2D eigenvalue weighted by Crippen LogP contribution is -2.40. The van der Waals surface area contributed by atoms with E-state index in [1.165, 1.54) is 0 Å². The summed E-state index contributed by atoms with van der Waals surface area (Å²) in [4.78, 5) is 32.4. The first kappa shape index (κ1) is 13.4. The number of amides is 3. The molecule has 1 aromatic heterocycles. The molecule has 10 nitrogen and oxygen atoms in total. The first-order chi connectivity index (χ1) is 8.41. The van der Waals surface area contributed by atoms with E-state index in [-0.39, 0.29) is 22.5 Å². The number of hydrogen-bond acceptors (Lipinski definition) is 6. The molecule has 0 aliphatic rings. The van der Waals surface area contributed by atoms with Crippen molar-refractivity contribution in [2.45, 2.75) is 0 Å². The van der Waals surface area contributed by atoms with Crippen LogP contribution in [0.4, 0.5) is 16.4 Å². The average Bonchev–Trinajstić information content (AvgIpc) is 2.28. The number of hydrogen-bond donors (Lipinski definition) is 5. The van der Waals surface area contributed by atoms with Crippen molar-refractivity contribution >= 4 is 41.5 Å². The second-order valence-electron chi connectivity index (χ2n) is 2.83. The monoisotopic (exact) mass is 272 g/mol. The molecule has 0 unspecified atom stereocenters. The predicted octanol–water partition coefficient (Wildman–Crippen LogP) is -1.36. The number of primary amides is 1. The van der Waals surface area contributed by atoms with Gasteiger partial charge >= 0.3 is 11.9 Å². The zero-order valence-corrected chi connectivity index (χ0v) is 9.60. The Hall–Kier alpha value is -2.62. The predicted molar refractivity (Wildman–Crippen MR) is 64.5 cm³/mol. The Balaban J connectivity index is 2.78. The molecule has 0 atom stereocenters. The number of aromatic nitrogens is 2. The van der Waals surface area contributed by atoms with Gasteiger partial charge in [0.05, 0.1) is 0 Å². The summed E-state index contributed by atoms with van der Waals surface area (Å²) in [6, 6.07) is -0.844. The SMILES string of the molecule is NC(=O)NNC=NC(=O)c1nc(Cl)c(N)nc1N. The zero-order valence-electron chi connectivity index (χ0n) is 8.85. The summed E-state index contributed by atoms with van der Waals surface area (Å²) in [6.07, 6.45) is 0.887. The highest BCUT2D eigenvalue weighted by Gasteiger charge is 2.14. The molecule has 1 rings (SSSR count). The molecule has 96 valence electrons. The summed E-state index contributed by atoms with van der Waals surface area (Å²) in [5.74, 6) is -1.12. The number of anilines is 2. The summed E-state index contributed by atoms with van der Waals surface area (Å²) in [5.41, 5.74) is 19.4. The first-order valence-electron chi connectivity index (χ1n) is 4.38. The smallest absolute Gasteiger partial charge is 0.330 e. The minimum absolute atomic E-state index is 0.0942.